The summed E-state index contributed by atoms with van der Waals surface area (Å²) >= 11 is 1.23. The Morgan fingerprint density at radius 2 is 1.89 bits per heavy atom. The molecule has 1 amide bonds. The maximum absolute atomic E-state index is 12.5. The van der Waals surface area contributed by atoms with E-state index in [2.05, 4.69) is 10.3 Å². The van der Waals surface area contributed by atoms with Crippen LogP contribution in [0.2, 0.25) is 0 Å². The van der Waals surface area contributed by atoms with Crippen LogP contribution in [0.4, 0.5) is 5.13 Å². The van der Waals surface area contributed by atoms with E-state index in [0.29, 0.717) is 39.8 Å². The average molecular weight is 420 g/mol. The van der Waals surface area contributed by atoms with E-state index in [1.807, 2.05) is 6.92 Å². The number of nitrogens with one attached hydrogen (secondary N) is 1. The van der Waals surface area contributed by atoms with E-state index in [-0.39, 0.29) is 10.8 Å². The van der Waals surface area contributed by atoms with Crippen LogP contribution >= 0.6 is 11.3 Å². The number of sulfonamides is 1. The third-order valence-corrected chi connectivity index (χ3v) is 7.02. The number of carbonyl (C=O) groups is 1. The second-order valence-electron chi connectivity index (χ2n) is 5.98. The number of hydrogen-bond donors (Lipinski definition) is 1. The Hall–Kier alpha value is -2.49. The van der Waals surface area contributed by atoms with Gasteiger partial charge in [0.05, 0.1) is 21.7 Å². The van der Waals surface area contributed by atoms with E-state index in [1.165, 1.54) is 28.8 Å². The van der Waals surface area contributed by atoms with Crippen molar-refractivity contribution in [3.05, 3.63) is 48.0 Å². The fraction of sp³-hybridized carbons (Fsp3) is 0.263. The first kappa shape index (κ1) is 20.2. The van der Waals surface area contributed by atoms with Gasteiger partial charge in [-0.15, -0.1) is 0 Å². The third kappa shape index (κ3) is 4.16. The predicted molar refractivity (Wildman–Crippen MR) is 111 cm³/mol. The Morgan fingerprint density at radius 1 is 1.18 bits per heavy atom. The monoisotopic (exact) mass is 419 g/mol. The molecule has 0 unspecified atom stereocenters. The number of carbonyl (C=O) groups excluding carboxylic acids is 1. The number of fused-ring (bicyclic) bond motifs is 1. The summed E-state index contributed by atoms with van der Waals surface area (Å²) in [5.74, 6) is 0.408. The molecular weight excluding hydrogens is 398 g/mol. The Bertz CT molecular complexity index is 1090. The van der Waals surface area contributed by atoms with Crippen molar-refractivity contribution < 1.29 is 17.9 Å². The molecule has 2 aromatic carbocycles. The zero-order valence-electron chi connectivity index (χ0n) is 15.8. The van der Waals surface area contributed by atoms with E-state index < -0.39 is 10.0 Å². The fourth-order valence-electron chi connectivity index (χ4n) is 2.51. The van der Waals surface area contributed by atoms with Gasteiger partial charge < -0.3 is 4.74 Å². The highest BCUT2D eigenvalue weighted by Gasteiger charge is 2.20. The smallest absolute Gasteiger partial charge is 0.257 e. The van der Waals surface area contributed by atoms with Gasteiger partial charge in [-0.05, 0) is 49.4 Å². The Kier molecular flexibility index (Phi) is 5.97. The molecule has 9 heteroatoms. The van der Waals surface area contributed by atoms with Gasteiger partial charge in [-0.3, -0.25) is 10.1 Å². The van der Waals surface area contributed by atoms with Gasteiger partial charge in [0.25, 0.3) is 5.91 Å². The molecule has 1 N–H and O–H groups in total. The summed E-state index contributed by atoms with van der Waals surface area (Å²) in [6.45, 7) is 4.61. The molecule has 0 bridgehead atoms. The first-order valence-electron chi connectivity index (χ1n) is 8.76. The summed E-state index contributed by atoms with van der Waals surface area (Å²) in [6.07, 6.45) is 0. The number of benzene rings is 2. The molecule has 0 spiro atoms. The summed E-state index contributed by atoms with van der Waals surface area (Å²) in [6, 6.07) is 11.6. The lowest BCUT2D eigenvalue weighted by molar-refractivity contribution is 0.102. The minimum atomic E-state index is -3.53. The number of nitrogens with zero attached hydrogens (tertiary/aromatic N) is 2. The van der Waals surface area contributed by atoms with Crippen LogP contribution in [-0.4, -0.2) is 43.8 Å². The van der Waals surface area contributed by atoms with Crippen LogP contribution in [0.15, 0.2) is 47.4 Å². The van der Waals surface area contributed by atoms with Gasteiger partial charge in [0.15, 0.2) is 5.13 Å². The molecule has 148 valence electrons. The van der Waals surface area contributed by atoms with Crippen LogP contribution < -0.4 is 10.1 Å². The van der Waals surface area contributed by atoms with Crippen molar-refractivity contribution in [3.8, 4) is 5.75 Å². The molecule has 0 radical (unpaired) electrons. The van der Waals surface area contributed by atoms with Crippen molar-refractivity contribution in [1.82, 2.24) is 9.29 Å². The van der Waals surface area contributed by atoms with E-state index in [9.17, 15) is 13.2 Å². The topological polar surface area (TPSA) is 88.6 Å². The molecular formula is C19H21N3O4S2. The lowest BCUT2D eigenvalue weighted by Gasteiger charge is -2.14. The summed E-state index contributed by atoms with van der Waals surface area (Å²) in [7, 11) is -2.00. The van der Waals surface area contributed by atoms with Crippen molar-refractivity contribution >= 4 is 42.6 Å². The molecule has 1 aromatic heterocycles. The molecule has 0 atom stereocenters. The zero-order chi connectivity index (χ0) is 20.3. The highest BCUT2D eigenvalue weighted by Crippen LogP contribution is 2.29. The minimum absolute atomic E-state index is 0.206. The zero-order valence-corrected chi connectivity index (χ0v) is 17.4. The van der Waals surface area contributed by atoms with Crippen LogP contribution in [0.25, 0.3) is 10.2 Å². The summed E-state index contributed by atoms with van der Waals surface area (Å²) in [5, 5.41) is 3.17. The van der Waals surface area contributed by atoms with Gasteiger partial charge in [-0.2, -0.15) is 0 Å². The summed E-state index contributed by atoms with van der Waals surface area (Å²) in [5.41, 5.74) is 1.11. The first-order valence-corrected chi connectivity index (χ1v) is 11.0. The summed E-state index contributed by atoms with van der Waals surface area (Å²) in [4.78, 5) is 17.0. The molecule has 1 heterocycles. The van der Waals surface area contributed by atoms with Crippen LogP contribution in [-0.2, 0) is 10.0 Å². The molecule has 7 nitrogen and oxygen atoms in total. The molecule has 3 rings (SSSR count). The quantitative estimate of drug-likeness (QED) is 0.632. The average Bonchev–Trinajstić information content (AvgIpc) is 3.09. The lowest BCUT2D eigenvalue weighted by Crippen LogP contribution is -2.26. The lowest BCUT2D eigenvalue weighted by atomic mass is 10.2. The maximum atomic E-state index is 12.5. The number of rotatable bonds is 7. The Morgan fingerprint density at radius 3 is 2.54 bits per heavy atom. The Labute approximate surface area is 168 Å². The molecule has 0 aliphatic heterocycles. The van der Waals surface area contributed by atoms with Gasteiger partial charge in [-0.25, -0.2) is 17.7 Å². The molecule has 0 saturated heterocycles. The standard InChI is InChI=1S/C19H21N3O4S2/c1-4-22(3)28(24,25)15-10-11-16-17(12-15)27-19(20-16)21-18(23)13-6-8-14(9-7-13)26-5-2/h6-12H,4-5H2,1-3H3,(H,20,21,23). The van der Waals surface area contributed by atoms with E-state index >= 15 is 0 Å². The number of thiazole rings is 1. The number of anilines is 1. The SMILES string of the molecule is CCOc1ccc(C(=O)Nc2nc3ccc(S(=O)(=O)N(C)CC)cc3s2)cc1. The van der Waals surface area contributed by atoms with Crippen molar-refractivity contribution in [1.29, 1.82) is 0 Å². The van der Waals surface area contributed by atoms with Crippen LogP contribution in [0.3, 0.4) is 0 Å². The number of hydrogen-bond acceptors (Lipinski definition) is 6. The molecule has 0 aliphatic rings. The first-order chi connectivity index (χ1) is 13.3. The van der Waals surface area contributed by atoms with Crippen molar-refractivity contribution in [2.75, 3.05) is 25.5 Å². The highest BCUT2D eigenvalue weighted by atomic mass is 32.2. The number of amides is 1. The maximum Gasteiger partial charge on any atom is 0.257 e. The van der Waals surface area contributed by atoms with Crippen LogP contribution in [0, 0.1) is 0 Å². The molecule has 3 aromatic rings. The molecule has 0 aliphatic carbocycles. The second kappa shape index (κ2) is 8.26. The number of aromatic nitrogens is 1. The van der Waals surface area contributed by atoms with Gasteiger partial charge >= 0.3 is 0 Å². The second-order valence-corrected chi connectivity index (χ2v) is 9.05. The van der Waals surface area contributed by atoms with Crippen molar-refractivity contribution in [2.45, 2.75) is 18.7 Å². The fourth-order valence-corrected chi connectivity index (χ4v) is 4.69. The molecule has 0 fully saturated rings. The largest absolute Gasteiger partial charge is 0.494 e. The summed E-state index contributed by atoms with van der Waals surface area (Å²) < 4.78 is 32.3. The van der Waals surface area contributed by atoms with Gasteiger partial charge in [0.2, 0.25) is 10.0 Å². The van der Waals surface area contributed by atoms with E-state index in [4.69, 9.17) is 4.74 Å². The highest BCUT2D eigenvalue weighted by molar-refractivity contribution is 7.89. The van der Waals surface area contributed by atoms with Crippen LogP contribution in [0.1, 0.15) is 24.2 Å². The van der Waals surface area contributed by atoms with Gasteiger partial charge in [-0.1, -0.05) is 18.3 Å². The van der Waals surface area contributed by atoms with E-state index in [0.717, 1.165) is 0 Å². The van der Waals surface area contributed by atoms with Gasteiger partial charge in [0.1, 0.15) is 5.75 Å². The Balaban J connectivity index is 1.81. The number of ether oxygens (including phenoxy) is 1. The normalized spacial score (nSPS) is 11.7. The molecule has 28 heavy (non-hydrogen) atoms. The molecule has 0 saturated carbocycles. The van der Waals surface area contributed by atoms with Crippen molar-refractivity contribution in [3.63, 3.8) is 0 Å². The third-order valence-electron chi connectivity index (χ3n) is 4.16. The predicted octanol–water partition coefficient (Wildman–Crippen LogP) is 3.59. The van der Waals surface area contributed by atoms with Gasteiger partial charge in [0, 0.05) is 19.2 Å². The van der Waals surface area contributed by atoms with Crippen LogP contribution in [0.5, 0.6) is 5.75 Å². The van der Waals surface area contributed by atoms with Crippen molar-refractivity contribution in [2.24, 2.45) is 0 Å². The minimum Gasteiger partial charge on any atom is -0.494 e. The van der Waals surface area contributed by atoms with E-state index in [1.54, 1.807) is 43.3 Å².